The monoisotopic (exact) mass is 220 g/mol. The summed E-state index contributed by atoms with van der Waals surface area (Å²) in [5, 5.41) is 3.26. The van der Waals surface area contributed by atoms with E-state index >= 15 is 0 Å². The highest BCUT2D eigenvalue weighted by atomic mass is 16.5. The van der Waals surface area contributed by atoms with E-state index in [9.17, 15) is 0 Å². The maximum Gasteiger partial charge on any atom is 0.131 e. The van der Waals surface area contributed by atoms with Gasteiger partial charge in [0.05, 0.1) is 12.7 Å². The van der Waals surface area contributed by atoms with Crippen molar-refractivity contribution in [3.63, 3.8) is 0 Å². The number of hydrogen-bond acceptors (Lipinski definition) is 3. The summed E-state index contributed by atoms with van der Waals surface area (Å²) in [5.41, 5.74) is 1.16. The van der Waals surface area contributed by atoms with E-state index in [1.165, 1.54) is 25.7 Å². The maximum absolute atomic E-state index is 5.90. The van der Waals surface area contributed by atoms with E-state index in [1.807, 2.05) is 12.3 Å². The van der Waals surface area contributed by atoms with Crippen LogP contribution in [-0.4, -0.2) is 17.6 Å². The Morgan fingerprint density at radius 3 is 3.00 bits per heavy atom. The number of anilines is 1. The van der Waals surface area contributed by atoms with Crippen LogP contribution in [0.3, 0.4) is 0 Å². The average Bonchev–Trinajstić information content (AvgIpc) is 2.81. The Kier molecular flexibility index (Phi) is 4.17. The van der Waals surface area contributed by atoms with Gasteiger partial charge in [-0.15, -0.1) is 0 Å². The van der Waals surface area contributed by atoms with Gasteiger partial charge >= 0.3 is 0 Å². The molecule has 1 aliphatic carbocycles. The number of aromatic nitrogens is 1. The lowest BCUT2D eigenvalue weighted by Gasteiger charge is -2.13. The molecule has 16 heavy (non-hydrogen) atoms. The lowest BCUT2D eigenvalue weighted by Crippen LogP contribution is -2.09. The Hall–Kier alpha value is -1.09. The van der Waals surface area contributed by atoms with E-state index in [1.54, 1.807) is 0 Å². The van der Waals surface area contributed by atoms with E-state index in [0.29, 0.717) is 12.7 Å². The van der Waals surface area contributed by atoms with Gasteiger partial charge in [0.1, 0.15) is 5.82 Å². The number of nitrogens with zero attached hydrogens (tertiary/aromatic N) is 1. The van der Waals surface area contributed by atoms with Crippen molar-refractivity contribution in [2.75, 3.05) is 11.9 Å². The third-order valence-electron chi connectivity index (χ3n) is 3.01. The zero-order valence-corrected chi connectivity index (χ0v) is 9.91. The van der Waals surface area contributed by atoms with Crippen molar-refractivity contribution in [2.24, 2.45) is 0 Å². The van der Waals surface area contributed by atoms with Gasteiger partial charge in [0.2, 0.25) is 0 Å². The molecule has 1 aromatic heterocycles. The van der Waals surface area contributed by atoms with Crippen molar-refractivity contribution in [3.8, 4) is 0 Å². The molecular weight excluding hydrogens is 200 g/mol. The summed E-state index contributed by atoms with van der Waals surface area (Å²) < 4.78 is 5.90. The zero-order valence-electron chi connectivity index (χ0n) is 9.91. The second kappa shape index (κ2) is 5.85. The van der Waals surface area contributed by atoms with E-state index in [-0.39, 0.29) is 0 Å². The second-order valence-electron chi connectivity index (χ2n) is 4.26. The molecule has 1 aliphatic rings. The SMILES string of the molecule is CCNc1ncccc1COC1CCCC1. The Labute approximate surface area is 97.2 Å². The maximum atomic E-state index is 5.90. The van der Waals surface area contributed by atoms with Gasteiger partial charge in [-0.3, -0.25) is 0 Å². The summed E-state index contributed by atoms with van der Waals surface area (Å²) in [4.78, 5) is 4.32. The smallest absolute Gasteiger partial charge is 0.131 e. The predicted molar refractivity (Wildman–Crippen MR) is 65.4 cm³/mol. The fourth-order valence-electron chi connectivity index (χ4n) is 2.14. The molecule has 1 aromatic rings. The van der Waals surface area contributed by atoms with Crippen LogP contribution < -0.4 is 5.32 Å². The van der Waals surface area contributed by atoms with Gasteiger partial charge in [0.15, 0.2) is 0 Å². The summed E-state index contributed by atoms with van der Waals surface area (Å²) in [6, 6.07) is 4.05. The molecule has 0 radical (unpaired) electrons. The number of nitrogens with one attached hydrogen (secondary N) is 1. The number of rotatable bonds is 5. The van der Waals surface area contributed by atoms with Crippen molar-refractivity contribution in [1.82, 2.24) is 4.98 Å². The van der Waals surface area contributed by atoms with Crippen LogP contribution >= 0.6 is 0 Å². The van der Waals surface area contributed by atoms with Gasteiger partial charge in [-0.05, 0) is 25.8 Å². The first kappa shape index (κ1) is 11.4. The Bertz CT molecular complexity index is 321. The van der Waals surface area contributed by atoms with Crippen LogP contribution in [0.1, 0.15) is 38.2 Å². The summed E-state index contributed by atoms with van der Waals surface area (Å²) in [5.74, 6) is 0.961. The summed E-state index contributed by atoms with van der Waals surface area (Å²) in [6.45, 7) is 3.66. The molecule has 0 aromatic carbocycles. The molecule has 0 unspecified atom stereocenters. The van der Waals surface area contributed by atoms with Crippen LogP contribution in [0, 0.1) is 0 Å². The van der Waals surface area contributed by atoms with E-state index in [4.69, 9.17) is 4.74 Å². The minimum Gasteiger partial charge on any atom is -0.373 e. The van der Waals surface area contributed by atoms with Gasteiger partial charge in [0, 0.05) is 18.3 Å². The third-order valence-corrected chi connectivity index (χ3v) is 3.01. The molecule has 0 spiro atoms. The summed E-state index contributed by atoms with van der Waals surface area (Å²) in [7, 11) is 0. The van der Waals surface area contributed by atoms with Gasteiger partial charge in [0.25, 0.3) is 0 Å². The fourth-order valence-corrected chi connectivity index (χ4v) is 2.14. The van der Waals surface area contributed by atoms with Crippen molar-refractivity contribution in [2.45, 2.75) is 45.3 Å². The number of ether oxygens (including phenoxy) is 1. The molecule has 1 fully saturated rings. The minimum atomic E-state index is 0.467. The van der Waals surface area contributed by atoms with Crippen LogP contribution in [0.15, 0.2) is 18.3 Å². The van der Waals surface area contributed by atoms with Crippen molar-refractivity contribution in [1.29, 1.82) is 0 Å². The van der Waals surface area contributed by atoms with Crippen LogP contribution in [0.25, 0.3) is 0 Å². The molecule has 1 N–H and O–H groups in total. The lowest BCUT2D eigenvalue weighted by molar-refractivity contribution is 0.0459. The largest absolute Gasteiger partial charge is 0.373 e. The Morgan fingerprint density at radius 2 is 2.25 bits per heavy atom. The van der Waals surface area contributed by atoms with E-state index in [2.05, 4.69) is 23.3 Å². The van der Waals surface area contributed by atoms with E-state index in [0.717, 1.165) is 17.9 Å². The first-order valence-corrected chi connectivity index (χ1v) is 6.19. The van der Waals surface area contributed by atoms with Crippen LogP contribution in [0.5, 0.6) is 0 Å². The molecule has 1 saturated carbocycles. The second-order valence-corrected chi connectivity index (χ2v) is 4.26. The first-order chi connectivity index (χ1) is 7.90. The number of pyridine rings is 1. The first-order valence-electron chi connectivity index (χ1n) is 6.19. The van der Waals surface area contributed by atoms with Crippen molar-refractivity contribution in [3.05, 3.63) is 23.9 Å². The molecule has 0 aliphatic heterocycles. The molecule has 2 rings (SSSR count). The predicted octanol–water partition coefficient (Wildman–Crippen LogP) is 2.97. The average molecular weight is 220 g/mol. The molecule has 0 atom stereocenters. The molecule has 3 heteroatoms. The molecule has 3 nitrogen and oxygen atoms in total. The normalized spacial score (nSPS) is 16.6. The zero-order chi connectivity index (χ0) is 11.2. The molecular formula is C13H20N2O. The van der Waals surface area contributed by atoms with Crippen molar-refractivity contribution < 1.29 is 4.74 Å². The van der Waals surface area contributed by atoms with Gasteiger partial charge in [-0.1, -0.05) is 18.9 Å². The third kappa shape index (κ3) is 2.95. The Balaban J connectivity index is 1.91. The minimum absolute atomic E-state index is 0.467. The van der Waals surface area contributed by atoms with Crippen molar-refractivity contribution >= 4 is 5.82 Å². The molecule has 0 amide bonds. The topological polar surface area (TPSA) is 34.2 Å². The fraction of sp³-hybridized carbons (Fsp3) is 0.615. The molecule has 0 saturated heterocycles. The Morgan fingerprint density at radius 1 is 1.44 bits per heavy atom. The van der Waals surface area contributed by atoms with Crippen LogP contribution in [-0.2, 0) is 11.3 Å². The molecule has 88 valence electrons. The van der Waals surface area contributed by atoms with E-state index < -0.39 is 0 Å². The van der Waals surface area contributed by atoms with Crippen LogP contribution in [0.4, 0.5) is 5.82 Å². The van der Waals surface area contributed by atoms with Crippen LogP contribution in [0.2, 0.25) is 0 Å². The van der Waals surface area contributed by atoms with Gasteiger partial charge in [-0.25, -0.2) is 4.98 Å². The molecule has 1 heterocycles. The highest BCUT2D eigenvalue weighted by molar-refractivity contribution is 5.42. The van der Waals surface area contributed by atoms with Gasteiger partial charge < -0.3 is 10.1 Å². The standard InChI is InChI=1S/C13H20N2O/c1-2-14-13-11(6-5-9-15-13)10-16-12-7-3-4-8-12/h5-6,9,12H,2-4,7-8,10H2,1H3,(H,14,15). The lowest BCUT2D eigenvalue weighted by atomic mass is 10.2. The quantitative estimate of drug-likeness (QED) is 0.828. The van der Waals surface area contributed by atoms with Gasteiger partial charge in [-0.2, -0.15) is 0 Å². The summed E-state index contributed by atoms with van der Waals surface area (Å²) >= 11 is 0. The highest BCUT2D eigenvalue weighted by Gasteiger charge is 2.15. The highest BCUT2D eigenvalue weighted by Crippen LogP contribution is 2.23. The summed E-state index contributed by atoms with van der Waals surface area (Å²) in [6.07, 6.45) is 7.36. The number of hydrogen-bond donors (Lipinski definition) is 1. The molecule has 0 bridgehead atoms.